The molecule has 2 aromatic rings. The molecule has 1 heterocycles. The van der Waals surface area contributed by atoms with E-state index in [0.29, 0.717) is 5.52 Å². The van der Waals surface area contributed by atoms with Crippen molar-refractivity contribution in [3.63, 3.8) is 0 Å². The van der Waals surface area contributed by atoms with Gasteiger partial charge in [0.1, 0.15) is 22.7 Å². The normalized spacial score (nSPS) is 9.93. The van der Waals surface area contributed by atoms with Crippen molar-refractivity contribution in [2.45, 2.75) is 0 Å². The van der Waals surface area contributed by atoms with Crippen LogP contribution in [0.1, 0.15) is 5.56 Å². The van der Waals surface area contributed by atoms with Crippen LogP contribution in [0.5, 0.6) is 0 Å². The fourth-order valence-corrected chi connectivity index (χ4v) is 1.06. The predicted octanol–water partition coefficient (Wildman–Crippen LogP) is 1.00. The van der Waals surface area contributed by atoms with E-state index in [1.165, 1.54) is 6.07 Å². The molecule has 0 amide bonds. The molecule has 2 rings (SSSR count). The summed E-state index contributed by atoms with van der Waals surface area (Å²) in [4.78, 5) is 9.88. The molecule has 7 heteroatoms. The number of rotatable bonds is 1. The molecule has 0 saturated heterocycles. The minimum atomic E-state index is -0.646. The Balaban J connectivity index is 2.81. The van der Waals surface area contributed by atoms with Gasteiger partial charge >= 0.3 is 0 Å². The molecular formula is C7H2N4O3. The highest BCUT2D eigenvalue weighted by molar-refractivity contribution is 5.79. The zero-order chi connectivity index (χ0) is 10.1. The van der Waals surface area contributed by atoms with Crippen molar-refractivity contribution in [2.75, 3.05) is 0 Å². The van der Waals surface area contributed by atoms with E-state index in [9.17, 15) is 10.1 Å². The van der Waals surface area contributed by atoms with Gasteiger partial charge in [0.2, 0.25) is 0 Å². The van der Waals surface area contributed by atoms with E-state index in [1.54, 1.807) is 6.07 Å². The summed E-state index contributed by atoms with van der Waals surface area (Å²) in [6.45, 7) is 0. The molecule has 0 atom stereocenters. The van der Waals surface area contributed by atoms with Crippen LogP contribution in [0.15, 0.2) is 16.8 Å². The summed E-state index contributed by atoms with van der Waals surface area (Å²) in [5.74, 6) is 0. The van der Waals surface area contributed by atoms with E-state index < -0.39 is 4.92 Å². The second-order valence-corrected chi connectivity index (χ2v) is 2.49. The van der Waals surface area contributed by atoms with Gasteiger partial charge in [0.15, 0.2) is 0 Å². The summed E-state index contributed by atoms with van der Waals surface area (Å²) in [5, 5.41) is 26.1. The number of nitriles is 1. The van der Waals surface area contributed by atoms with Crippen molar-refractivity contribution in [2.24, 2.45) is 0 Å². The van der Waals surface area contributed by atoms with Gasteiger partial charge < -0.3 is 0 Å². The van der Waals surface area contributed by atoms with Gasteiger partial charge in [-0.2, -0.15) is 5.26 Å². The Morgan fingerprint density at radius 2 is 2.07 bits per heavy atom. The monoisotopic (exact) mass is 190 g/mol. The molecule has 1 aromatic carbocycles. The molecule has 0 radical (unpaired) electrons. The third kappa shape index (κ3) is 1.06. The van der Waals surface area contributed by atoms with Crippen LogP contribution in [-0.4, -0.2) is 15.2 Å². The van der Waals surface area contributed by atoms with Gasteiger partial charge in [-0.05, 0) is 16.4 Å². The Morgan fingerprint density at radius 3 is 2.64 bits per heavy atom. The highest BCUT2D eigenvalue weighted by Gasteiger charge is 2.16. The number of aromatic nitrogens is 2. The number of benzene rings is 1. The van der Waals surface area contributed by atoms with Crippen LogP contribution in [-0.2, 0) is 0 Å². The Kier molecular flexibility index (Phi) is 1.61. The van der Waals surface area contributed by atoms with Crippen LogP contribution in [0.2, 0.25) is 0 Å². The zero-order valence-corrected chi connectivity index (χ0v) is 6.67. The topological polar surface area (TPSA) is 106 Å². The molecule has 0 bridgehead atoms. The molecule has 14 heavy (non-hydrogen) atoms. The average molecular weight is 190 g/mol. The second-order valence-electron chi connectivity index (χ2n) is 2.49. The average Bonchev–Trinajstić information content (AvgIpc) is 2.62. The predicted molar refractivity (Wildman–Crippen MR) is 43.2 cm³/mol. The third-order valence-electron chi connectivity index (χ3n) is 1.69. The van der Waals surface area contributed by atoms with Crippen molar-refractivity contribution < 1.29 is 9.55 Å². The standard InChI is InChI=1S/C7H2N4O3/c8-3-4-1-5-6(10-14-9-5)2-7(4)11(12)13/h1-2H. The summed E-state index contributed by atoms with van der Waals surface area (Å²) >= 11 is 0. The molecule has 0 aliphatic rings. The van der Waals surface area contributed by atoms with Crippen LogP contribution >= 0.6 is 0 Å². The molecule has 0 aliphatic carbocycles. The van der Waals surface area contributed by atoms with E-state index in [4.69, 9.17) is 5.26 Å². The van der Waals surface area contributed by atoms with Gasteiger partial charge in [-0.25, -0.2) is 4.63 Å². The molecular weight excluding hydrogens is 188 g/mol. The van der Waals surface area contributed by atoms with Gasteiger partial charge in [0, 0.05) is 6.07 Å². The molecule has 0 fully saturated rings. The van der Waals surface area contributed by atoms with E-state index in [1.807, 2.05) is 0 Å². The highest BCUT2D eigenvalue weighted by atomic mass is 16.6. The van der Waals surface area contributed by atoms with E-state index in [0.717, 1.165) is 6.07 Å². The number of nitro benzene ring substituents is 1. The Bertz CT molecular complexity index is 554. The van der Waals surface area contributed by atoms with E-state index >= 15 is 0 Å². The van der Waals surface area contributed by atoms with Crippen molar-refractivity contribution in [3.05, 3.63) is 27.8 Å². The van der Waals surface area contributed by atoms with Crippen LogP contribution < -0.4 is 0 Å². The minimum Gasteiger partial charge on any atom is -0.258 e. The van der Waals surface area contributed by atoms with Crippen molar-refractivity contribution in [1.29, 1.82) is 5.26 Å². The molecule has 7 nitrogen and oxygen atoms in total. The van der Waals surface area contributed by atoms with Crippen molar-refractivity contribution in [1.82, 2.24) is 10.3 Å². The lowest BCUT2D eigenvalue weighted by molar-refractivity contribution is -0.385. The van der Waals surface area contributed by atoms with Gasteiger partial charge in [-0.1, -0.05) is 0 Å². The first-order valence-corrected chi connectivity index (χ1v) is 3.53. The summed E-state index contributed by atoms with van der Waals surface area (Å²) < 4.78 is 4.37. The van der Waals surface area contributed by atoms with Gasteiger partial charge in [0.25, 0.3) is 5.69 Å². The number of fused-ring (bicyclic) bond motifs is 1. The van der Waals surface area contributed by atoms with Crippen LogP contribution in [0.3, 0.4) is 0 Å². The summed E-state index contributed by atoms with van der Waals surface area (Å²) in [6, 6.07) is 4.13. The Labute approximate surface area is 76.7 Å². The molecule has 0 saturated carbocycles. The summed E-state index contributed by atoms with van der Waals surface area (Å²) in [7, 11) is 0. The quantitative estimate of drug-likeness (QED) is 0.490. The summed E-state index contributed by atoms with van der Waals surface area (Å²) in [5.41, 5.74) is 0.233. The van der Waals surface area contributed by atoms with Crippen molar-refractivity contribution >= 4 is 16.7 Å². The SMILES string of the molecule is N#Cc1cc2nonc2cc1[N+](=O)[O-]. The third-order valence-corrected chi connectivity index (χ3v) is 1.69. The highest BCUT2D eigenvalue weighted by Crippen LogP contribution is 2.22. The minimum absolute atomic E-state index is 0.0572. The van der Waals surface area contributed by atoms with Crippen LogP contribution in [0.25, 0.3) is 11.0 Å². The number of nitro groups is 1. The molecule has 0 aliphatic heterocycles. The maximum absolute atomic E-state index is 10.5. The molecule has 0 unspecified atom stereocenters. The fourth-order valence-electron chi connectivity index (χ4n) is 1.06. The first-order chi connectivity index (χ1) is 6.72. The first-order valence-electron chi connectivity index (χ1n) is 3.53. The van der Waals surface area contributed by atoms with Gasteiger partial charge in [0.05, 0.1) is 4.92 Å². The maximum atomic E-state index is 10.5. The summed E-state index contributed by atoms with van der Waals surface area (Å²) in [6.07, 6.45) is 0. The van der Waals surface area contributed by atoms with Crippen molar-refractivity contribution in [3.8, 4) is 6.07 Å². The molecule has 0 N–H and O–H groups in total. The lowest BCUT2D eigenvalue weighted by Crippen LogP contribution is -1.92. The van der Waals surface area contributed by atoms with E-state index in [-0.39, 0.29) is 16.8 Å². The number of nitrogens with zero attached hydrogens (tertiary/aromatic N) is 4. The van der Waals surface area contributed by atoms with Gasteiger partial charge in [-0.3, -0.25) is 10.1 Å². The fraction of sp³-hybridized carbons (Fsp3) is 0. The first kappa shape index (κ1) is 8.12. The molecule has 0 spiro atoms. The van der Waals surface area contributed by atoms with Crippen LogP contribution in [0, 0.1) is 21.4 Å². The number of hydrogen-bond donors (Lipinski definition) is 0. The largest absolute Gasteiger partial charge is 0.289 e. The Morgan fingerprint density at radius 1 is 1.43 bits per heavy atom. The van der Waals surface area contributed by atoms with E-state index in [2.05, 4.69) is 14.9 Å². The second kappa shape index (κ2) is 2.77. The maximum Gasteiger partial charge on any atom is 0.289 e. The molecule has 68 valence electrons. The van der Waals surface area contributed by atoms with Crippen LogP contribution in [0.4, 0.5) is 5.69 Å². The Hall–Kier alpha value is -2.49. The zero-order valence-electron chi connectivity index (χ0n) is 6.67. The lowest BCUT2D eigenvalue weighted by atomic mass is 10.2. The van der Waals surface area contributed by atoms with Gasteiger partial charge in [-0.15, -0.1) is 0 Å². The molecule has 1 aromatic heterocycles. The smallest absolute Gasteiger partial charge is 0.258 e. The lowest BCUT2D eigenvalue weighted by Gasteiger charge is -1.91. The number of hydrogen-bond acceptors (Lipinski definition) is 6.